The number of carbonyl (C=O) groups excluding carboxylic acids is 1. The molecule has 0 fully saturated rings. The zero-order valence-electron chi connectivity index (χ0n) is 11.5. The first kappa shape index (κ1) is 13.0. The van der Waals surface area contributed by atoms with Gasteiger partial charge in [0.25, 0.3) is 0 Å². The average Bonchev–Trinajstić information content (AvgIpc) is 3.00. The summed E-state index contributed by atoms with van der Waals surface area (Å²) in [7, 11) is 0. The molecule has 5 heteroatoms. The van der Waals surface area contributed by atoms with Gasteiger partial charge in [-0.25, -0.2) is 14.1 Å². The van der Waals surface area contributed by atoms with E-state index in [1.54, 1.807) is 18.5 Å². The molecule has 0 amide bonds. The summed E-state index contributed by atoms with van der Waals surface area (Å²) < 4.78 is 15.7. The van der Waals surface area contributed by atoms with Crippen molar-refractivity contribution in [1.82, 2.24) is 14.8 Å². The number of hydrogen-bond donors (Lipinski definition) is 0. The van der Waals surface area contributed by atoms with E-state index in [-0.39, 0.29) is 29.4 Å². The Balaban J connectivity index is 2.00. The van der Waals surface area contributed by atoms with Crippen LogP contribution in [0.5, 0.6) is 0 Å². The second-order valence-corrected chi connectivity index (χ2v) is 5.39. The molecule has 2 aromatic rings. The third kappa shape index (κ3) is 2.03. The van der Waals surface area contributed by atoms with Crippen LogP contribution in [0.2, 0.25) is 0 Å². The Morgan fingerprint density at radius 1 is 1.35 bits per heavy atom. The molecule has 1 aromatic carbocycles. The molecule has 3 rings (SSSR count). The summed E-state index contributed by atoms with van der Waals surface area (Å²) in [5.41, 5.74) is 0.988. The summed E-state index contributed by atoms with van der Waals surface area (Å²) in [5.74, 6) is 0.0541. The lowest BCUT2D eigenvalue weighted by molar-refractivity contribution is 0.0928. The Morgan fingerprint density at radius 3 is 2.70 bits per heavy atom. The highest BCUT2D eigenvalue weighted by Gasteiger charge is 2.36. The van der Waals surface area contributed by atoms with Gasteiger partial charge in [0, 0.05) is 12.3 Å². The van der Waals surface area contributed by atoms with Gasteiger partial charge < -0.3 is 0 Å². The first-order chi connectivity index (χ1) is 9.58. The van der Waals surface area contributed by atoms with Gasteiger partial charge in [0.2, 0.25) is 11.6 Å². The summed E-state index contributed by atoms with van der Waals surface area (Å²) in [5, 5.41) is 4.24. The first-order valence-corrected chi connectivity index (χ1v) is 6.77. The number of benzene rings is 1. The number of fused-ring (bicyclic) bond motifs is 1. The van der Waals surface area contributed by atoms with Crippen molar-refractivity contribution in [3.05, 3.63) is 47.5 Å². The molecule has 1 aromatic heterocycles. The minimum Gasteiger partial charge on any atom is -0.290 e. The smallest absolute Gasteiger partial charge is 0.217 e. The normalized spacial score (nSPS) is 21.2. The molecule has 0 unspecified atom stereocenters. The SMILES string of the molecule is CC(C)C(=O)c1nc2n(n1)[C@H](c1ccccc1)C[C@@H]2F. The fourth-order valence-corrected chi connectivity index (χ4v) is 2.49. The molecule has 2 atom stereocenters. The monoisotopic (exact) mass is 273 g/mol. The van der Waals surface area contributed by atoms with Crippen LogP contribution in [-0.2, 0) is 0 Å². The Morgan fingerprint density at radius 2 is 2.05 bits per heavy atom. The Kier molecular flexibility index (Phi) is 3.12. The summed E-state index contributed by atoms with van der Waals surface area (Å²) >= 11 is 0. The quantitative estimate of drug-likeness (QED) is 0.807. The fraction of sp³-hybridized carbons (Fsp3) is 0.400. The number of rotatable bonds is 3. The van der Waals surface area contributed by atoms with Crippen LogP contribution in [0.3, 0.4) is 0 Å². The Labute approximate surface area is 116 Å². The van der Waals surface area contributed by atoms with Gasteiger partial charge in [-0.1, -0.05) is 44.2 Å². The molecular formula is C15H16FN3O. The van der Waals surface area contributed by atoms with Gasteiger partial charge in [0.1, 0.15) is 0 Å². The Bertz CT molecular complexity index is 636. The van der Waals surface area contributed by atoms with Crippen molar-refractivity contribution in [3.63, 3.8) is 0 Å². The Hall–Kier alpha value is -2.04. The van der Waals surface area contributed by atoms with E-state index >= 15 is 0 Å². The lowest BCUT2D eigenvalue weighted by atomic mass is 10.0. The third-order valence-electron chi connectivity index (χ3n) is 3.59. The van der Waals surface area contributed by atoms with E-state index in [4.69, 9.17) is 0 Å². The highest BCUT2D eigenvalue weighted by molar-refractivity contribution is 5.93. The van der Waals surface area contributed by atoms with Crippen LogP contribution in [0.1, 0.15) is 54.5 Å². The molecule has 0 saturated heterocycles. The molecule has 0 saturated carbocycles. The van der Waals surface area contributed by atoms with Gasteiger partial charge in [0.15, 0.2) is 12.0 Å². The number of nitrogens with zero attached hydrogens (tertiary/aromatic N) is 3. The molecule has 0 radical (unpaired) electrons. The highest BCUT2D eigenvalue weighted by atomic mass is 19.1. The second kappa shape index (κ2) is 4.81. The van der Waals surface area contributed by atoms with Gasteiger partial charge >= 0.3 is 0 Å². The van der Waals surface area contributed by atoms with Crippen molar-refractivity contribution in [3.8, 4) is 0 Å². The molecule has 104 valence electrons. The van der Waals surface area contributed by atoms with Crippen LogP contribution in [0.15, 0.2) is 30.3 Å². The van der Waals surface area contributed by atoms with Gasteiger partial charge in [0.05, 0.1) is 6.04 Å². The molecular weight excluding hydrogens is 257 g/mol. The topological polar surface area (TPSA) is 47.8 Å². The molecule has 0 N–H and O–H groups in total. The van der Waals surface area contributed by atoms with Crippen LogP contribution in [0.25, 0.3) is 0 Å². The standard InChI is InChI=1S/C15H16FN3O/c1-9(2)13(20)14-17-15-11(16)8-12(19(15)18-14)10-6-4-3-5-7-10/h3-7,9,11-12H,8H2,1-2H3/t11-,12-/m0/s1. The minimum atomic E-state index is -1.17. The van der Waals surface area contributed by atoms with Crippen LogP contribution in [-0.4, -0.2) is 20.5 Å². The van der Waals surface area contributed by atoms with Gasteiger partial charge in [-0.2, -0.15) is 0 Å². The molecule has 1 aliphatic heterocycles. The molecule has 1 aliphatic rings. The number of halogens is 1. The van der Waals surface area contributed by atoms with Crippen LogP contribution < -0.4 is 0 Å². The van der Waals surface area contributed by atoms with E-state index in [2.05, 4.69) is 10.1 Å². The number of carbonyl (C=O) groups is 1. The molecule has 2 heterocycles. The zero-order valence-corrected chi connectivity index (χ0v) is 11.5. The number of ketones is 1. The third-order valence-corrected chi connectivity index (χ3v) is 3.59. The predicted octanol–water partition coefficient (Wildman–Crippen LogP) is 3.12. The minimum absolute atomic E-state index is 0.123. The maximum atomic E-state index is 14.1. The van der Waals surface area contributed by atoms with Gasteiger partial charge in [-0.05, 0) is 5.56 Å². The van der Waals surface area contributed by atoms with Crippen LogP contribution >= 0.6 is 0 Å². The summed E-state index contributed by atoms with van der Waals surface area (Å²) in [6.45, 7) is 3.58. The van der Waals surface area contributed by atoms with Gasteiger partial charge in [-0.15, -0.1) is 5.10 Å². The largest absolute Gasteiger partial charge is 0.290 e. The van der Waals surface area contributed by atoms with E-state index in [1.165, 1.54) is 0 Å². The van der Waals surface area contributed by atoms with Crippen molar-refractivity contribution < 1.29 is 9.18 Å². The first-order valence-electron chi connectivity index (χ1n) is 6.77. The van der Waals surface area contributed by atoms with E-state index < -0.39 is 6.17 Å². The van der Waals surface area contributed by atoms with Crippen molar-refractivity contribution in [1.29, 1.82) is 0 Å². The van der Waals surface area contributed by atoms with Crippen LogP contribution in [0.4, 0.5) is 4.39 Å². The second-order valence-electron chi connectivity index (χ2n) is 5.39. The van der Waals surface area contributed by atoms with E-state index in [1.807, 2.05) is 30.3 Å². The summed E-state index contributed by atoms with van der Waals surface area (Å²) in [4.78, 5) is 16.0. The number of aromatic nitrogens is 3. The van der Waals surface area contributed by atoms with E-state index in [0.29, 0.717) is 6.42 Å². The lowest BCUT2D eigenvalue weighted by Gasteiger charge is -2.11. The zero-order chi connectivity index (χ0) is 14.3. The predicted molar refractivity (Wildman–Crippen MR) is 72.2 cm³/mol. The number of Topliss-reactive ketones (excluding diaryl/α,β-unsaturated/α-hetero) is 1. The highest BCUT2D eigenvalue weighted by Crippen LogP contribution is 2.39. The number of hydrogen-bond acceptors (Lipinski definition) is 3. The summed E-state index contributed by atoms with van der Waals surface area (Å²) in [6.07, 6.45) is -0.836. The maximum absolute atomic E-state index is 14.1. The molecule has 4 nitrogen and oxygen atoms in total. The van der Waals surface area contributed by atoms with Crippen molar-refractivity contribution in [2.45, 2.75) is 32.5 Å². The van der Waals surface area contributed by atoms with Crippen LogP contribution in [0, 0.1) is 5.92 Å². The summed E-state index contributed by atoms with van der Waals surface area (Å²) in [6, 6.07) is 9.45. The van der Waals surface area contributed by atoms with Crippen molar-refractivity contribution in [2.75, 3.05) is 0 Å². The van der Waals surface area contributed by atoms with E-state index in [0.717, 1.165) is 5.56 Å². The van der Waals surface area contributed by atoms with Gasteiger partial charge in [-0.3, -0.25) is 4.79 Å². The number of alkyl halides is 1. The average molecular weight is 273 g/mol. The molecule has 20 heavy (non-hydrogen) atoms. The lowest BCUT2D eigenvalue weighted by Crippen LogP contribution is -2.12. The fourth-order valence-electron chi connectivity index (χ4n) is 2.49. The maximum Gasteiger partial charge on any atom is 0.217 e. The van der Waals surface area contributed by atoms with E-state index in [9.17, 15) is 9.18 Å². The molecule has 0 aliphatic carbocycles. The molecule has 0 spiro atoms. The van der Waals surface area contributed by atoms with Crippen molar-refractivity contribution in [2.24, 2.45) is 5.92 Å². The molecule has 0 bridgehead atoms. The van der Waals surface area contributed by atoms with Crippen molar-refractivity contribution >= 4 is 5.78 Å².